The van der Waals surface area contributed by atoms with Gasteiger partial charge in [-0.15, -0.1) is 0 Å². The zero-order valence-electron chi connectivity index (χ0n) is 11.9. The van der Waals surface area contributed by atoms with Gasteiger partial charge in [0.15, 0.2) is 0 Å². The van der Waals surface area contributed by atoms with Crippen LogP contribution in [0.5, 0.6) is 5.75 Å². The summed E-state index contributed by atoms with van der Waals surface area (Å²) < 4.78 is 31.9. The van der Waals surface area contributed by atoms with Crippen molar-refractivity contribution >= 4 is 15.7 Å². The second-order valence-corrected chi connectivity index (χ2v) is 6.43. The SMILES string of the molecule is COc1ccc([N+](=O)[O-])cc1S(=O)(=O)NC(CO)C(C)C. The molecule has 118 valence electrons. The van der Waals surface area contributed by atoms with Crippen molar-refractivity contribution in [2.75, 3.05) is 13.7 Å². The molecule has 1 atom stereocenters. The highest BCUT2D eigenvalue weighted by molar-refractivity contribution is 7.89. The lowest BCUT2D eigenvalue weighted by molar-refractivity contribution is -0.385. The van der Waals surface area contributed by atoms with Gasteiger partial charge in [-0.1, -0.05) is 13.8 Å². The third-order valence-corrected chi connectivity index (χ3v) is 4.47. The molecule has 0 spiro atoms. The van der Waals surface area contributed by atoms with E-state index in [0.29, 0.717) is 0 Å². The lowest BCUT2D eigenvalue weighted by atomic mass is 10.1. The molecule has 0 saturated carbocycles. The number of ether oxygens (including phenoxy) is 1. The molecule has 1 aromatic rings. The zero-order valence-corrected chi connectivity index (χ0v) is 12.8. The molecule has 0 bridgehead atoms. The van der Waals surface area contributed by atoms with E-state index in [0.717, 1.165) is 12.1 Å². The second kappa shape index (κ2) is 6.83. The predicted octanol–water partition coefficient (Wildman–Crippen LogP) is 0.899. The van der Waals surface area contributed by atoms with Crippen molar-refractivity contribution in [3.8, 4) is 5.75 Å². The number of benzene rings is 1. The Bertz CT molecular complexity index is 614. The van der Waals surface area contributed by atoms with Gasteiger partial charge < -0.3 is 9.84 Å². The Hall–Kier alpha value is -1.71. The minimum absolute atomic E-state index is 0.00598. The smallest absolute Gasteiger partial charge is 0.271 e. The first-order chi connectivity index (χ1) is 9.72. The third-order valence-electron chi connectivity index (χ3n) is 2.96. The van der Waals surface area contributed by atoms with Crippen LogP contribution in [-0.4, -0.2) is 38.2 Å². The van der Waals surface area contributed by atoms with Crippen LogP contribution in [0.15, 0.2) is 23.1 Å². The Labute approximate surface area is 122 Å². The molecule has 0 heterocycles. The highest BCUT2D eigenvalue weighted by Crippen LogP contribution is 2.28. The van der Waals surface area contributed by atoms with Gasteiger partial charge in [-0.05, 0) is 12.0 Å². The molecular weight excluding hydrogens is 300 g/mol. The molecule has 0 aliphatic rings. The lowest BCUT2D eigenvalue weighted by Gasteiger charge is -2.20. The maximum absolute atomic E-state index is 12.3. The minimum Gasteiger partial charge on any atom is -0.495 e. The maximum atomic E-state index is 12.3. The van der Waals surface area contributed by atoms with Gasteiger partial charge in [0, 0.05) is 18.2 Å². The average molecular weight is 318 g/mol. The van der Waals surface area contributed by atoms with Crippen molar-refractivity contribution in [1.29, 1.82) is 0 Å². The van der Waals surface area contributed by atoms with Crippen LogP contribution >= 0.6 is 0 Å². The average Bonchev–Trinajstić information content (AvgIpc) is 2.43. The molecule has 0 saturated heterocycles. The highest BCUT2D eigenvalue weighted by Gasteiger charge is 2.27. The number of nitro groups is 1. The van der Waals surface area contributed by atoms with E-state index in [2.05, 4.69) is 4.72 Å². The van der Waals surface area contributed by atoms with Gasteiger partial charge in [0.05, 0.1) is 18.6 Å². The highest BCUT2D eigenvalue weighted by atomic mass is 32.2. The maximum Gasteiger partial charge on any atom is 0.271 e. The summed E-state index contributed by atoms with van der Waals surface area (Å²) in [4.78, 5) is 9.75. The van der Waals surface area contributed by atoms with E-state index in [9.17, 15) is 23.6 Å². The number of aliphatic hydroxyl groups excluding tert-OH is 1. The van der Waals surface area contributed by atoms with Crippen LogP contribution < -0.4 is 9.46 Å². The van der Waals surface area contributed by atoms with E-state index in [1.54, 1.807) is 13.8 Å². The molecule has 9 heteroatoms. The van der Waals surface area contributed by atoms with E-state index < -0.39 is 21.0 Å². The minimum atomic E-state index is -4.05. The van der Waals surface area contributed by atoms with E-state index in [1.807, 2.05) is 0 Å². The van der Waals surface area contributed by atoms with E-state index in [4.69, 9.17) is 4.74 Å². The summed E-state index contributed by atoms with van der Waals surface area (Å²) in [5, 5.41) is 20.0. The summed E-state index contributed by atoms with van der Waals surface area (Å²) in [6, 6.07) is 2.61. The van der Waals surface area contributed by atoms with Crippen molar-refractivity contribution in [3.05, 3.63) is 28.3 Å². The van der Waals surface area contributed by atoms with Crippen LogP contribution in [0.2, 0.25) is 0 Å². The Balaban J connectivity index is 3.29. The fourth-order valence-corrected chi connectivity index (χ4v) is 3.20. The van der Waals surface area contributed by atoms with Gasteiger partial charge in [-0.25, -0.2) is 13.1 Å². The summed E-state index contributed by atoms with van der Waals surface area (Å²) in [6.07, 6.45) is 0. The number of nitrogens with one attached hydrogen (secondary N) is 1. The summed E-state index contributed by atoms with van der Waals surface area (Å²) in [6.45, 7) is 3.11. The number of sulfonamides is 1. The van der Waals surface area contributed by atoms with Crippen LogP contribution in [0, 0.1) is 16.0 Å². The first-order valence-corrected chi connectivity index (χ1v) is 7.67. The molecule has 8 nitrogen and oxygen atoms in total. The zero-order chi connectivity index (χ0) is 16.2. The molecule has 0 radical (unpaired) electrons. The lowest BCUT2D eigenvalue weighted by Crippen LogP contribution is -2.41. The van der Waals surface area contributed by atoms with Crippen molar-refractivity contribution < 1.29 is 23.2 Å². The van der Waals surface area contributed by atoms with Crippen molar-refractivity contribution in [2.24, 2.45) is 5.92 Å². The molecule has 2 N–H and O–H groups in total. The van der Waals surface area contributed by atoms with Crippen LogP contribution in [0.3, 0.4) is 0 Å². The topological polar surface area (TPSA) is 119 Å². The summed E-state index contributed by atoms with van der Waals surface area (Å²) in [5.74, 6) is -0.150. The van der Waals surface area contributed by atoms with Gasteiger partial charge in [-0.3, -0.25) is 10.1 Å². The van der Waals surface area contributed by atoms with Gasteiger partial charge in [0.25, 0.3) is 5.69 Å². The van der Waals surface area contributed by atoms with Crippen LogP contribution in [0.25, 0.3) is 0 Å². The number of aliphatic hydroxyl groups is 1. The molecule has 0 aliphatic heterocycles. The summed E-state index contributed by atoms with van der Waals surface area (Å²) in [5.41, 5.74) is -0.360. The Kier molecular flexibility index (Phi) is 5.64. The Morgan fingerprint density at radius 3 is 2.48 bits per heavy atom. The number of methoxy groups -OCH3 is 1. The van der Waals surface area contributed by atoms with Crippen molar-refractivity contribution in [2.45, 2.75) is 24.8 Å². The van der Waals surface area contributed by atoms with E-state index in [-0.39, 0.29) is 28.9 Å². The van der Waals surface area contributed by atoms with Crippen molar-refractivity contribution in [3.63, 3.8) is 0 Å². The third kappa shape index (κ3) is 4.13. The monoisotopic (exact) mass is 318 g/mol. The molecule has 1 aromatic carbocycles. The molecule has 1 unspecified atom stereocenters. The predicted molar refractivity (Wildman–Crippen MR) is 75.7 cm³/mol. The Morgan fingerprint density at radius 1 is 1.43 bits per heavy atom. The number of non-ortho nitro benzene ring substituents is 1. The number of hydrogen-bond acceptors (Lipinski definition) is 6. The van der Waals surface area contributed by atoms with Crippen LogP contribution in [0.1, 0.15) is 13.8 Å². The normalized spacial score (nSPS) is 13.2. The first-order valence-electron chi connectivity index (χ1n) is 6.18. The molecular formula is C12H18N2O6S. The molecule has 21 heavy (non-hydrogen) atoms. The summed E-state index contributed by atoms with van der Waals surface area (Å²) >= 11 is 0. The summed E-state index contributed by atoms with van der Waals surface area (Å²) in [7, 11) is -2.78. The van der Waals surface area contributed by atoms with Gasteiger partial charge in [0.1, 0.15) is 10.6 Å². The fraction of sp³-hybridized carbons (Fsp3) is 0.500. The number of nitro benzene ring substituents is 1. The largest absolute Gasteiger partial charge is 0.495 e. The molecule has 0 fully saturated rings. The molecule has 0 amide bonds. The quantitative estimate of drug-likeness (QED) is 0.569. The number of rotatable bonds is 7. The Morgan fingerprint density at radius 2 is 2.05 bits per heavy atom. The van der Waals surface area contributed by atoms with E-state index in [1.165, 1.54) is 13.2 Å². The van der Waals surface area contributed by atoms with Gasteiger partial charge >= 0.3 is 0 Å². The van der Waals surface area contributed by atoms with Crippen LogP contribution in [0.4, 0.5) is 5.69 Å². The van der Waals surface area contributed by atoms with Crippen molar-refractivity contribution in [1.82, 2.24) is 4.72 Å². The number of nitrogens with zero attached hydrogens (tertiary/aromatic N) is 1. The molecule has 0 aliphatic carbocycles. The molecule has 1 rings (SSSR count). The van der Waals surface area contributed by atoms with Gasteiger partial charge in [-0.2, -0.15) is 0 Å². The first kappa shape index (κ1) is 17.3. The van der Waals surface area contributed by atoms with E-state index >= 15 is 0 Å². The van der Waals surface area contributed by atoms with Crippen LogP contribution in [-0.2, 0) is 10.0 Å². The molecule has 0 aromatic heterocycles. The second-order valence-electron chi connectivity index (χ2n) is 4.75. The standard InChI is InChI=1S/C12H18N2O6S/c1-8(2)10(7-15)13-21(18,19)12-6-9(14(16)17)4-5-11(12)20-3/h4-6,8,10,13,15H,7H2,1-3H3. The fourth-order valence-electron chi connectivity index (χ4n) is 1.64. The number of hydrogen-bond donors (Lipinski definition) is 2. The van der Waals surface area contributed by atoms with Gasteiger partial charge in [0.2, 0.25) is 10.0 Å².